The molecule has 2 N–H and O–H groups in total. The van der Waals surface area contributed by atoms with Gasteiger partial charge in [-0.25, -0.2) is 0 Å². The van der Waals surface area contributed by atoms with Gasteiger partial charge in [0.05, 0.1) is 4.92 Å². The molecular weight excluding hydrogens is 266 g/mol. The molecular formula is C13H20ClN3O2. The van der Waals surface area contributed by atoms with E-state index in [0.29, 0.717) is 6.04 Å². The minimum atomic E-state index is -0.368. The van der Waals surface area contributed by atoms with E-state index < -0.39 is 0 Å². The average molecular weight is 286 g/mol. The van der Waals surface area contributed by atoms with Crippen LogP contribution in [-0.2, 0) is 6.42 Å². The molecule has 19 heavy (non-hydrogen) atoms. The van der Waals surface area contributed by atoms with Crippen molar-refractivity contribution in [3.05, 3.63) is 39.9 Å². The third-order valence-corrected chi connectivity index (χ3v) is 3.41. The molecule has 0 aromatic heterocycles. The van der Waals surface area contributed by atoms with Gasteiger partial charge < -0.3 is 10.6 Å². The molecule has 1 aliphatic heterocycles. The lowest BCUT2D eigenvalue weighted by Gasteiger charge is -2.30. The van der Waals surface area contributed by atoms with E-state index in [1.54, 1.807) is 12.1 Å². The van der Waals surface area contributed by atoms with Crippen molar-refractivity contribution in [2.45, 2.75) is 25.3 Å². The van der Waals surface area contributed by atoms with Crippen LogP contribution in [0, 0.1) is 10.1 Å². The second kappa shape index (κ2) is 7.43. The quantitative estimate of drug-likeness (QED) is 0.678. The van der Waals surface area contributed by atoms with Crippen molar-refractivity contribution in [3.8, 4) is 0 Å². The molecule has 1 heterocycles. The number of likely N-dealkylation sites (tertiary alicyclic amines) is 1. The van der Waals surface area contributed by atoms with Gasteiger partial charge in [0.2, 0.25) is 0 Å². The highest BCUT2D eigenvalue weighted by molar-refractivity contribution is 5.85. The summed E-state index contributed by atoms with van der Waals surface area (Å²) in [5, 5.41) is 10.5. The molecule has 5 nitrogen and oxygen atoms in total. The smallest absolute Gasteiger partial charge is 0.269 e. The fraction of sp³-hybridized carbons (Fsp3) is 0.538. The number of nitrogens with two attached hydrogens (primary N) is 1. The van der Waals surface area contributed by atoms with Crippen LogP contribution in [0.2, 0.25) is 0 Å². The van der Waals surface area contributed by atoms with E-state index in [1.807, 2.05) is 12.1 Å². The summed E-state index contributed by atoms with van der Waals surface area (Å²) in [5.74, 6) is 0. The van der Waals surface area contributed by atoms with Crippen molar-refractivity contribution in [2.75, 3.05) is 19.6 Å². The number of rotatable bonds is 4. The molecule has 1 saturated heterocycles. The first-order valence-electron chi connectivity index (χ1n) is 6.36. The summed E-state index contributed by atoms with van der Waals surface area (Å²) in [6.07, 6.45) is 3.21. The Morgan fingerprint density at radius 3 is 2.63 bits per heavy atom. The van der Waals surface area contributed by atoms with Crippen LogP contribution in [0.5, 0.6) is 0 Å². The van der Waals surface area contributed by atoms with Gasteiger partial charge in [-0.1, -0.05) is 12.1 Å². The van der Waals surface area contributed by atoms with Crippen LogP contribution in [0.1, 0.15) is 18.4 Å². The SMILES string of the molecule is Cl.NC1CCCN(CCc2ccc([N+](=O)[O-])cc2)C1. The van der Waals surface area contributed by atoms with Crippen LogP contribution in [0.25, 0.3) is 0 Å². The minimum Gasteiger partial charge on any atom is -0.327 e. The van der Waals surface area contributed by atoms with Crippen LogP contribution >= 0.6 is 12.4 Å². The first-order valence-corrected chi connectivity index (χ1v) is 6.36. The number of piperidine rings is 1. The second-order valence-electron chi connectivity index (χ2n) is 4.88. The summed E-state index contributed by atoms with van der Waals surface area (Å²) in [7, 11) is 0. The number of nitrogens with zero attached hydrogens (tertiary/aromatic N) is 2. The van der Waals surface area contributed by atoms with Crippen LogP contribution in [0.4, 0.5) is 5.69 Å². The van der Waals surface area contributed by atoms with Gasteiger partial charge in [-0.15, -0.1) is 12.4 Å². The number of nitro groups is 1. The van der Waals surface area contributed by atoms with Crippen LogP contribution in [0.15, 0.2) is 24.3 Å². The molecule has 0 amide bonds. The molecule has 106 valence electrons. The summed E-state index contributed by atoms with van der Waals surface area (Å²) in [5.41, 5.74) is 7.22. The first-order chi connectivity index (χ1) is 8.65. The lowest BCUT2D eigenvalue weighted by molar-refractivity contribution is -0.384. The summed E-state index contributed by atoms with van der Waals surface area (Å²) >= 11 is 0. The molecule has 1 aliphatic rings. The zero-order valence-corrected chi connectivity index (χ0v) is 11.6. The Morgan fingerprint density at radius 2 is 2.05 bits per heavy atom. The van der Waals surface area contributed by atoms with E-state index in [9.17, 15) is 10.1 Å². The van der Waals surface area contributed by atoms with E-state index in [4.69, 9.17) is 5.73 Å². The van der Waals surface area contributed by atoms with Crippen LogP contribution in [-0.4, -0.2) is 35.5 Å². The van der Waals surface area contributed by atoms with Gasteiger partial charge in [0.1, 0.15) is 0 Å². The maximum absolute atomic E-state index is 10.5. The molecule has 0 radical (unpaired) electrons. The number of non-ortho nitro benzene ring substituents is 1. The van der Waals surface area contributed by atoms with Gasteiger partial charge in [-0.2, -0.15) is 0 Å². The van der Waals surface area contributed by atoms with E-state index in [1.165, 1.54) is 6.42 Å². The molecule has 2 rings (SSSR count). The third kappa shape index (κ3) is 4.78. The van der Waals surface area contributed by atoms with Gasteiger partial charge in [0.25, 0.3) is 5.69 Å². The first kappa shape index (κ1) is 15.9. The van der Waals surface area contributed by atoms with Gasteiger partial charge in [0, 0.05) is 31.3 Å². The predicted octanol–water partition coefficient (Wildman–Crippen LogP) is 1.98. The Labute approximate surface area is 119 Å². The highest BCUT2D eigenvalue weighted by Crippen LogP contribution is 2.14. The molecule has 1 unspecified atom stereocenters. The van der Waals surface area contributed by atoms with Crippen molar-refractivity contribution in [1.82, 2.24) is 4.90 Å². The molecule has 0 bridgehead atoms. The lowest BCUT2D eigenvalue weighted by atomic mass is 10.1. The van der Waals surface area contributed by atoms with Crippen molar-refractivity contribution in [3.63, 3.8) is 0 Å². The summed E-state index contributed by atoms with van der Waals surface area (Å²) in [4.78, 5) is 12.5. The number of hydrogen-bond donors (Lipinski definition) is 1. The Hall–Kier alpha value is -1.17. The largest absolute Gasteiger partial charge is 0.327 e. The summed E-state index contributed by atoms with van der Waals surface area (Å²) in [6.45, 7) is 3.05. The molecule has 1 aromatic rings. The number of nitro benzene ring substituents is 1. The van der Waals surface area contributed by atoms with Crippen LogP contribution in [0.3, 0.4) is 0 Å². The van der Waals surface area contributed by atoms with Gasteiger partial charge in [-0.3, -0.25) is 10.1 Å². The highest BCUT2D eigenvalue weighted by atomic mass is 35.5. The summed E-state index contributed by atoms with van der Waals surface area (Å²) in [6, 6.07) is 7.11. The van der Waals surface area contributed by atoms with Crippen molar-refractivity contribution in [1.29, 1.82) is 0 Å². The van der Waals surface area contributed by atoms with Crippen molar-refractivity contribution >= 4 is 18.1 Å². The number of benzene rings is 1. The van der Waals surface area contributed by atoms with E-state index in [-0.39, 0.29) is 23.0 Å². The topological polar surface area (TPSA) is 72.4 Å². The average Bonchev–Trinajstić information content (AvgIpc) is 2.37. The normalized spacial score (nSPS) is 19.7. The maximum Gasteiger partial charge on any atom is 0.269 e. The predicted molar refractivity (Wildman–Crippen MR) is 77.7 cm³/mol. The number of halogens is 1. The van der Waals surface area contributed by atoms with Crippen molar-refractivity contribution < 1.29 is 4.92 Å². The monoisotopic (exact) mass is 285 g/mol. The third-order valence-electron chi connectivity index (χ3n) is 3.41. The van der Waals surface area contributed by atoms with Gasteiger partial charge in [-0.05, 0) is 31.4 Å². The Bertz CT molecular complexity index is 411. The van der Waals surface area contributed by atoms with Crippen LogP contribution < -0.4 is 5.73 Å². The molecule has 6 heteroatoms. The van der Waals surface area contributed by atoms with Gasteiger partial charge in [0.15, 0.2) is 0 Å². The standard InChI is InChI=1S/C13H19N3O2.ClH/c14-12-2-1-8-15(10-12)9-7-11-3-5-13(6-4-11)16(17)18;/h3-6,12H,1-2,7-10,14H2;1H. The second-order valence-corrected chi connectivity index (χ2v) is 4.88. The molecule has 1 atom stereocenters. The molecule has 0 aliphatic carbocycles. The van der Waals surface area contributed by atoms with E-state index in [0.717, 1.165) is 38.0 Å². The number of hydrogen-bond acceptors (Lipinski definition) is 4. The van der Waals surface area contributed by atoms with E-state index >= 15 is 0 Å². The van der Waals surface area contributed by atoms with E-state index in [2.05, 4.69) is 4.90 Å². The highest BCUT2D eigenvalue weighted by Gasteiger charge is 2.16. The Kier molecular flexibility index (Phi) is 6.21. The maximum atomic E-state index is 10.5. The fourth-order valence-corrected chi connectivity index (χ4v) is 2.37. The summed E-state index contributed by atoms with van der Waals surface area (Å²) < 4.78 is 0. The van der Waals surface area contributed by atoms with Gasteiger partial charge >= 0.3 is 0 Å². The molecule has 1 aromatic carbocycles. The zero-order chi connectivity index (χ0) is 13.0. The Morgan fingerprint density at radius 1 is 1.37 bits per heavy atom. The lowest BCUT2D eigenvalue weighted by Crippen LogP contribution is -2.43. The molecule has 1 fully saturated rings. The fourth-order valence-electron chi connectivity index (χ4n) is 2.37. The Balaban J connectivity index is 0.00000180. The zero-order valence-electron chi connectivity index (χ0n) is 10.8. The molecule has 0 spiro atoms. The molecule has 0 saturated carbocycles. The minimum absolute atomic E-state index is 0. The van der Waals surface area contributed by atoms with Crippen molar-refractivity contribution in [2.24, 2.45) is 5.73 Å².